The van der Waals surface area contributed by atoms with Crippen molar-refractivity contribution in [3.63, 3.8) is 0 Å². The van der Waals surface area contributed by atoms with Crippen LogP contribution < -0.4 is 16.0 Å². The molecular formula is C13H23N5. The molecule has 1 aromatic rings. The zero-order chi connectivity index (χ0) is 13.2. The number of hydrogen-bond donors (Lipinski definition) is 2. The third-order valence-electron chi connectivity index (χ3n) is 3.19. The molecular weight excluding hydrogens is 226 g/mol. The van der Waals surface area contributed by atoms with Crippen LogP contribution in [-0.2, 0) is 0 Å². The summed E-state index contributed by atoms with van der Waals surface area (Å²) < 4.78 is 0. The Balaban J connectivity index is 2.02. The van der Waals surface area contributed by atoms with Gasteiger partial charge >= 0.3 is 0 Å². The Morgan fingerprint density at radius 2 is 2.17 bits per heavy atom. The Bertz CT molecular complexity index is 400. The van der Waals surface area contributed by atoms with E-state index in [1.807, 2.05) is 13.1 Å². The highest BCUT2D eigenvalue weighted by Crippen LogP contribution is 2.25. The Hall–Kier alpha value is -1.36. The molecule has 0 bridgehead atoms. The van der Waals surface area contributed by atoms with Crippen LogP contribution in [0.25, 0.3) is 0 Å². The van der Waals surface area contributed by atoms with Crippen LogP contribution in [0, 0.1) is 5.41 Å². The van der Waals surface area contributed by atoms with Crippen molar-refractivity contribution in [1.29, 1.82) is 0 Å². The molecule has 1 aromatic heterocycles. The van der Waals surface area contributed by atoms with Crippen LogP contribution in [0.5, 0.6) is 0 Å². The van der Waals surface area contributed by atoms with Gasteiger partial charge in [0.1, 0.15) is 18.0 Å². The largest absolute Gasteiger partial charge is 0.367 e. The molecule has 1 saturated carbocycles. The molecule has 5 heteroatoms. The van der Waals surface area contributed by atoms with Crippen molar-refractivity contribution in [2.45, 2.75) is 32.7 Å². The summed E-state index contributed by atoms with van der Waals surface area (Å²) in [4.78, 5) is 10.7. The van der Waals surface area contributed by atoms with Gasteiger partial charge < -0.3 is 16.0 Å². The van der Waals surface area contributed by atoms with Crippen molar-refractivity contribution in [2.75, 3.05) is 30.4 Å². The van der Waals surface area contributed by atoms with E-state index in [9.17, 15) is 0 Å². The highest BCUT2D eigenvalue weighted by molar-refractivity contribution is 5.49. The number of nitrogens with zero attached hydrogens (tertiary/aromatic N) is 3. The Labute approximate surface area is 109 Å². The molecule has 3 N–H and O–H groups in total. The fraction of sp³-hybridized carbons (Fsp3) is 0.692. The van der Waals surface area contributed by atoms with Crippen molar-refractivity contribution < 1.29 is 0 Å². The van der Waals surface area contributed by atoms with Crippen LogP contribution >= 0.6 is 0 Å². The predicted molar refractivity (Wildman–Crippen MR) is 74.8 cm³/mol. The maximum Gasteiger partial charge on any atom is 0.133 e. The summed E-state index contributed by atoms with van der Waals surface area (Å²) >= 11 is 0. The van der Waals surface area contributed by atoms with Crippen LogP contribution in [0.15, 0.2) is 12.4 Å². The molecule has 0 radical (unpaired) electrons. The van der Waals surface area contributed by atoms with Gasteiger partial charge in [0.2, 0.25) is 0 Å². The molecule has 0 saturated heterocycles. The quantitative estimate of drug-likeness (QED) is 0.799. The summed E-state index contributed by atoms with van der Waals surface area (Å²) in [5, 5.41) is 3.39. The standard InChI is InChI=1S/C13H23N5/c1-13(2,7-14)8-18(3)12-6-11(15-9-16-12)17-10-4-5-10/h6,9-10H,4-5,7-8,14H2,1-3H3,(H,15,16,17). The van der Waals surface area contributed by atoms with E-state index in [1.165, 1.54) is 12.8 Å². The lowest BCUT2D eigenvalue weighted by atomic mass is 9.93. The molecule has 0 aromatic carbocycles. The van der Waals surface area contributed by atoms with Crippen LogP contribution in [0.2, 0.25) is 0 Å². The fourth-order valence-corrected chi connectivity index (χ4v) is 1.86. The average Bonchev–Trinajstić information content (AvgIpc) is 3.13. The molecule has 1 aliphatic rings. The van der Waals surface area contributed by atoms with Crippen LogP contribution in [0.4, 0.5) is 11.6 Å². The molecule has 2 rings (SSSR count). The number of anilines is 2. The van der Waals surface area contributed by atoms with Gasteiger partial charge in [-0.25, -0.2) is 9.97 Å². The van der Waals surface area contributed by atoms with Gasteiger partial charge in [0.25, 0.3) is 0 Å². The lowest BCUT2D eigenvalue weighted by molar-refractivity contribution is 0.384. The van der Waals surface area contributed by atoms with Gasteiger partial charge in [-0.05, 0) is 24.8 Å². The number of rotatable bonds is 6. The van der Waals surface area contributed by atoms with E-state index < -0.39 is 0 Å². The van der Waals surface area contributed by atoms with Gasteiger partial charge in [-0.2, -0.15) is 0 Å². The van der Waals surface area contributed by atoms with Crippen molar-refractivity contribution in [3.05, 3.63) is 12.4 Å². The van der Waals surface area contributed by atoms with E-state index in [4.69, 9.17) is 5.73 Å². The first-order valence-corrected chi connectivity index (χ1v) is 6.50. The first-order chi connectivity index (χ1) is 8.50. The number of nitrogens with one attached hydrogen (secondary N) is 1. The second-order valence-corrected chi connectivity index (χ2v) is 5.90. The van der Waals surface area contributed by atoms with Gasteiger partial charge in [0.05, 0.1) is 0 Å². The molecule has 1 heterocycles. The van der Waals surface area contributed by atoms with Crippen molar-refractivity contribution in [2.24, 2.45) is 11.1 Å². The van der Waals surface area contributed by atoms with Gasteiger partial charge in [-0.3, -0.25) is 0 Å². The lowest BCUT2D eigenvalue weighted by Crippen LogP contribution is -2.37. The molecule has 0 unspecified atom stereocenters. The molecule has 18 heavy (non-hydrogen) atoms. The molecule has 5 nitrogen and oxygen atoms in total. The minimum atomic E-state index is 0.0871. The first kappa shape index (κ1) is 13.1. The smallest absolute Gasteiger partial charge is 0.133 e. The molecule has 1 aliphatic carbocycles. The number of nitrogens with two attached hydrogens (primary N) is 1. The van der Waals surface area contributed by atoms with E-state index in [1.54, 1.807) is 6.33 Å². The Morgan fingerprint density at radius 1 is 1.44 bits per heavy atom. The zero-order valence-electron chi connectivity index (χ0n) is 11.5. The molecule has 0 amide bonds. The van der Waals surface area contributed by atoms with E-state index in [-0.39, 0.29) is 5.41 Å². The van der Waals surface area contributed by atoms with E-state index >= 15 is 0 Å². The monoisotopic (exact) mass is 249 g/mol. The van der Waals surface area contributed by atoms with Crippen LogP contribution in [0.1, 0.15) is 26.7 Å². The molecule has 0 aliphatic heterocycles. The molecule has 0 atom stereocenters. The highest BCUT2D eigenvalue weighted by atomic mass is 15.2. The van der Waals surface area contributed by atoms with Gasteiger partial charge in [0.15, 0.2) is 0 Å². The summed E-state index contributed by atoms with van der Waals surface area (Å²) in [5.74, 6) is 1.86. The topological polar surface area (TPSA) is 67.1 Å². The average molecular weight is 249 g/mol. The van der Waals surface area contributed by atoms with Crippen LogP contribution in [-0.4, -0.2) is 36.1 Å². The molecule has 1 fully saturated rings. The summed E-state index contributed by atoms with van der Waals surface area (Å²) in [6, 6.07) is 2.61. The Morgan fingerprint density at radius 3 is 2.78 bits per heavy atom. The van der Waals surface area contributed by atoms with Crippen molar-refractivity contribution in [1.82, 2.24) is 9.97 Å². The maximum atomic E-state index is 5.76. The summed E-state index contributed by atoms with van der Waals surface area (Å²) in [5.41, 5.74) is 5.85. The third-order valence-corrected chi connectivity index (χ3v) is 3.19. The van der Waals surface area contributed by atoms with Crippen LogP contribution in [0.3, 0.4) is 0 Å². The molecule has 100 valence electrons. The van der Waals surface area contributed by atoms with Crippen molar-refractivity contribution >= 4 is 11.6 Å². The highest BCUT2D eigenvalue weighted by Gasteiger charge is 2.22. The number of hydrogen-bond acceptors (Lipinski definition) is 5. The zero-order valence-corrected chi connectivity index (χ0v) is 11.5. The van der Waals surface area contributed by atoms with Crippen molar-refractivity contribution in [3.8, 4) is 0 Å². The Kier molecular flexibility index (Phi) is 3.71. The van der Waals surface area contributed by atoms with Gasteiger partial charge in [0, 0.05) is 25.7 Å². The SMILES string of the molecule is CN(CC(C)(C)CN)c1cc(NC2CC2)ncn1. The van der Waals surface area contributed by atoms with E-state index in [0.29, 0.717) is 12.6 Å². The second kappa shape index (κ2) is 5.10. The van der Waals surface area contributed by atoms with Gasteiger partial charge in [-0.15, -0.1) is 0 Å². The van der Waals surface area contributed by atoms with E-state index in [2.05, 4.69) is 34.0 Å². The summed E-state index contributed by atoms with van der Waals surface area (Å²) in [7, 11) is 2.04. The van der Waals surface area contributed by atoms with Gasteiger partial charge in [-0.1, -0.05) is 13.8 Å². The summed E-state index contributed by atoms with van der Waals surface area (Å²) in [6.07, 6.45) is 4.11. The second-order valence-electron chi connectivity index (χ2n) is 5.90. The number of aromatic nitrogens is 2. The first-order valence-electron chi connectivity index (χ1n) is 6.50. The minimum absolute atomic E-state index is 0.0871. The summed E-state index contributed by atoms with van der Waals surface area (Å²) in [6.45, 7) is 5.86. The third kappa shape index (κ3) is 3.57. The minimum Gasteiger partial charge on any atom is -0.367 e. The maximum absolute atomic E-state index is 5.76. The lowest BCUT2D eigenvalue weighted by Gasteiger charge is -2.29. The van der Waals surface area contributed by atoms with E-state index in [0.717, 1.165) is 18.2 Å². The fourth-order valence-electron chi connectivity index (χ4n) is 1.86. The predicted octanol–water partition coefficient (Wildman–Crippen LogP) is 1.47. The molecule has 0 spiro atoms. The normalized spacial score (nSPS) is 15.6.